The van der Waals surface area contributed by atoms with E-state index in [0.29, 0.717) is 5.69 Å². The molecule has 0 radical (unpaired) electrons. The van der Waals surface area contributed by atoms with Crippen LogP contribution in [0.5, 0.6) is 0 Å². The van der Waals surface area contributed by atoms with Crippen molar-refractivity contribution in [3.63, 3.8) is 0 Å². The molecule has 0 unspecified atom stereocenters. The fourth-order valence-electron chi connectivity index (χ4n) is 1.38. The van der Waals surface area contributed by atoms with Crippen LogP contribution in [0.25, 0.3) is 10.2 Å². The number of rotatable bonds is 1. The Bertz CT molecular complexity index is 529. The van der Waals surface area contributed by atoms with Crippen molar-refractivity contribution in [1.82, 2.24) is 4.98 Å². The summed E-state index contributed by atoms with van der Waals surface area (Å²) in [6.07, 6.45) is 0. The summed E-state index contributed by atoms with van der Waals surface area (Å²) in [4.78, 5) is 4.16. The van der Waals surface area contributed by atoms with Crippen LogP contribution in [0.1, 0.15) is 0 Å². The van der Waals surface area contributed by atoms with Crippen molar-refractivity contribution < 1.29 is 4.57 Å². The molecule has 0 saturated carbocycles. The fourth-order valence-corrected chi connectivity index (χ4v) is 3.96. The van der Waals surface area contributed by atoms with Gasteiger partial charge in [-0.1, -0.05) is 0 Å². The van der Waals surface area contributed by atoms with E-state index in [-0.39, 0.29) is 0 Å². The molecule has 0 aliphatic carbocycles. The highest BCUT2D eigenvalue weighted by molar-refractivity contribution is 7.71. The highest BCUT2D eigenvalue weighted by Crippen LogP contribution is 2.39. The Labute approximate surface area is 86.3 Å². The Morgan fingerprint density at radius 1 is 1.43 bits per heavy atom. The Balaban J connectivity index is 2.86. The van der Waals surface area contributed by atoms with E-state index in [0.717, 1.165) is 15.5 Å². The maximum absolute atomic E-state index is 12.0. The molecule has 0 spiro atoms. The van der Waals surface area contributed by atoms with Crippen LogP contribution in [0.2, 0.25) is 0 Å². The van der Waals surface area contributed by atoms with Gasteiger partial charge in [-0.15, -0.1) is 11.3 Å². The number of anilines is 1. The van der Waals surface area contributed by atoms with Crippen molar-refractivity contribution >= 4 is 39.7 Å². The van der Waals surface area contributed by atoms with Gasteiger partial charge in [0.1, 0.15) is 12.7 Å². The van der Waals surface area contributed by atoms with Gasteiger partial charge in [0.05, 0.1) is 15.9 Å². The molecule has 2 rings (SSSR count). The summed E-state index contributed by atoms with van der Waals surface area (Å²) in [5.41, 5.74) is 8.93. The minimum Gasteiger partial charge on any atom is -0.397 e. The molecule has 0 atom stereocenters. The van der Waals surface area contributed by atoms with Gasteiger partial charge in [-0.3, -0.25) is 0 Å². The largest absolute Gasteiger partial charge is 0.397 e. The molecule has 14 heavy (non-hydrogen) atoms. The Kier molecular flexibility index (Phi) is 2.13. The third kappa shape index (κ3) is 1.45. The van der Waals surface area contributed by atoms with Crippen molar-refractivity contribution in [2.45, 2.75) is 0 Å². The van der Waals surface area contributed by atoms with E-state index in [1.165, 1.54) is 11.3 Å². The molecule has 0 fully saturated rings. The number of nitrogen functional groups attached to an aromatic ring is 1. The number of aromatic nitrogens is 1. The number of thiazole rings is 1. The second-order valence-electron chi connectivity index (χ2n) is 3.55. The molecule has 74 valence electrons. The van der Waals surface area contributed by atoms with E-state index in [1.54, 1.807) is 24.9 Å². The first-order valence-electron chi connectivity index (χ1n) is 4.17. The van der Waals surface area contributed by atoms with E-state index >= 15 is 0 Å². The Morgan fingerprint density at radius 3 is 2.79 bits per heavy atom. The van der Waals surface area contributed by atoms with Crippen molar-refractivity contribution in [3.8, 4) is 0 Å². The lowest BCUT2D eigenvalue weighted by molar-refractivity contribution is 0.588. The molecule has 2 aromatic rings. The first-order valence-corrected chi connectivity index (χ1v) is 7.65. The monoisotopic (exact) mass is 226 g/mol. The van der Waals surface area contributed by atoms with Crippen LogP contribution in [0.4, 0.5) is 5.69 Å². The molecule has 3 nitrogen and oxygen atoms in total. The lowest BCUT2D eigenvalue weighted by atomic mass is 10.3. The average Bonchev–Trinajstić information content (AvgIpc) is 2.50. The molecule has 0 aliphatic rings. The maximum atomic E-state index is 12.0. The summed E-state index contributed by atoms with van der Waals surface area (Å²) in [6, 6.07) is 3.62. The summed E-state index contributed by atoms with van der Waals surface area (Å²) in [6.45, 7) is 3.52. The molecule has 0 bridgehead atoms. The third-order valence-electron chi connectivity index (χ3n) is 2.07. The minimum absolute atomic E-state index is 0.651. The maximum Gasteiger partial charge on any atom is 0.111 e. The summed E-state index contributed by atoms with van der Waals surface area (Å²) >= 11 is 1.49. The van der Waals surface area contributed by atoms with Gasteiger partial charge >= 0.3 is 0 Å². The lowest BCUT2D eigenvalue weighted by Crippen LogP contribution is -2.04. The second kappa shape index (κ2) is 3.07. The minimum atomic E-state index is -2.24. The van der Waals surface area contributed by atoms with Crippen molar-refractivity contribution in [3.05, 3.63) is 17.6 Å². The normalized spacial score (nSPS) is 12.1. The summed E-state index contributed by atoms with van der Waals surface area (Å²) < 4.78 is 12.9. The highest BCUT2D eigenvalue weighted by Gasteiger charge is 2.17. The molecule has 0 aliphatic heterocycles. The Morgan fingerprint density at radius 2 is 2.14 bits per heavy atom. The number of nitrogens with zero attached hydrogens (tertiary/aromatic N) is 1. The summed E-state index contributed by atoms with van der Waals surface area (Å²) in [5.74, 6) is 0. The molecule has 0 amide bonds. The van der Waals surface area contributed by atoms with E-state index in [9.17, 15) is 4.57 Å². The standard InChI is InChI=1S/C9H11N2OPS/c1-13(2,12)7-4-3-6(10)8-9(7)14-5-11-8/h3-5H,10H2,1-2H3. The first-order chi connectivity index (χ1) is 6.50. The first kappa shape index (κ1) is 9.69. The van der Waals surface area contributed by atoms with Crippen LogP contribution < -0.4 is 11.0 Å². The zero-order valence-corrected chi connectivity index (χ0v) is 9.73. The molecule has 0 saturated heterocycles. The summed E-state index contributed by atoms with van der Waals surface area (Å²) in [7, 11) is -2.24. The van der Waals surface area contributed by atoms with Crippen molar-refractivity contribution in [2.75, 3.05) is 19.1 Å². The smallest absolute Gasteiger partial charge is 0.111 e. The molecular weight excluding hydrogens is 215 g/mol. The second-order valence-corrected chi connectivity index (χ2v) is 7.59. The number of fused-ring (bicyclic) bond motifs is 1. The zero-order valence-electron chi connectivity index (χ0n) is 8.02. The van der Waals surface area contributed by atoms with Crippen LogP contribution in [-0.2, 0) is 4.57 Å². The van der Waals surface area contributed by atoms with Gasteiger partial charge in [-0.25, -0.2) is 4.98 Å². The van der Waals surface area contributed by atoms with Crippen LogP contribution in [0.3, 0.4) is 0 Å². The van der Waals surface area contributed by atoms with E-state index in [1.807, 2.05) is 6.07 Å². The molecule has 2 N–H and O–H groups in total. The van der Waals surface area contributed by atoms with Gasteiger partial charge in [-0.05, 0) is 25.5 Å². The molecule has 1 heterocycles. The van der Waals surface area contributed by atoms with Crippen molar-refractivity contribution in [2.24, 2.45) is 0 Å². The lowest BCUT2D eigenvalue weighted by Gasteiger charge is -2.08. The van der Waals surface area contributed by atoms with Crippen LogP contribution >= 0.6 is 18.5 Å². The fraction of sp³-hybridized carbons (Fsp3) is 0.222. The highest BCUT2D eigenvalue weighted by atomic mass is 32.1. The molecule has 5 heteroatoms. The number of hydrogen-bond donors (Lipinski definition) is 1. The van der Waals surface area contributed by atoms with Crippen molar-refractivity contribution in [1.29, 1.82) is 0 Å². The Hall–Kier alpha value is -0.860. The van der Waals surface area contributed by atoms with Gasteiger partial charge in [-0.2, -0.15) is 0 Å². The van der Waals surface area contributed by atoms with Gasteiger partial charge in [0.25, 0.3) is 0 Å². The molecular formula is C9H11N2OPS. The topological polar surface area (TPSA) is 56.0 Å². The van der Waals surface area contributed by atoms with E-state index in [4.69, 9.17) is 5.73 Å². The van der Waals surface area contributed by atoms with Gasteiger partial charge < -0.3 is 10.3 Å². The summed E-state index contributed by atoms with van der Waals surface area (Å²) in [5, 5.41) is 0.879. The number of benzene rings is 1. The third-order valence-corrected chi connectivity index (χ3v) is 4.62. The van der Waals surface area contributed by atoms with Gasteiger partial charge in [0.15, 0.2) is 0 Å². The van der Waals surface area contributed by atoms with Crippen LogP contribution in [0.15, 0.2) is 17.6 Å². The average molecular weight is 226 g/mol. The van der Waals surface area contributed by atoms with Gasteiger partial charge in [0.2, 0.25) is 0 Å². The predicted octanol–water partition coefficient (Wildman–Crippen LogP) is 2.13. The number of nitrogens with two attached hydrogens (primary N) is 1. The van der Waals surface area contributed by atoms with E-state index < -0.39 is 7.14 Å². The quantitative estimate of drug-likeness (QED) is 0.598. The molecule has 1 aromatic carbocycles. The van der Waals surface area contributed by atoms with E-state index in [2.05, 4.69) is 4.98 Å². The van der Waals surface area contributed by atoms with Crippen LogP contribution in [-0.4, -0.2) is 18.3 Å². The zero-order chi connectivity index (χ0) is 10.3. The SMILES string of the molecule is CP(C)(=O)c1ccc(N)c2ncsc12. The number of hydrogen-bond acceptors (Lipinski definition) is 4. The predicted molar refractivity (Wildman–Crippen MR) is 63.1 cm³/mol. The molecule has 1 aromatic heterocycles. The van der Waals surface area contributed by atoms with Crippen LogP contribution in [0, 0.1) is 0 Å². The van der Waals surface area contributed by atoms with Gasteiger partial charge in [0, 0.05) is 5.30 Å².